The van der Waals surface area contributed by atoms with Crippen molar-refractivity contribution >= 4 is 5.97 Å². The summed E-state index contributed by atoms with van der Waals surface area (Å²) in [6.45, 7) is 7.06. The monoisotopic (exact) mass is 413 g/mol. The molecular formula is C25H51NO3. The van der Waals surface area contributed by atoms with Crippen LogP contribution < -0.4 is 5.32 Å². The number of aliphatic hydroxyl groups excluding tert-OH is 1. The van der Waals surface area contributed by atoms with Crippen molar-refractivity contribution in [1.82, 2.24) is 5.32 Å². The third-order valence-corrected chi connectivity index (χ3v) is 5.65. The van der Waals surface area contributed by atoms with Gasteiger partial charge in [0.2, 0.25) is 0 Å². The zero-order valence-electron chi connectivity index (χ0n) is 19.7. The van der Waals surface area contributed by atoms with Crippen molar-refractivity contribution in [3.8, 4) is 0 Å². The van der Waals surface area contributed by atoms with Gasteiger partial charge in [0.25, 0.3) is 0 Å². The van der Waals surface area contributed by atoms with Gasteiger partial charge in [0.05, 0.1) is 12.5 Å². The summed E-state index contributed by atoms with van der Waals surface area (Å²) < 4.78 is 5.61. The van der Waals surface area contributed by atoms with E-state index in [1.54, 1.807) is 0 Å². The molecule has 0 aliphatic rings. The summed E-state index contributed by atoms with van der Waals surface area (Å²) in [7, 11) is 0. The second kappa shape index (κ2) is 23.7. The number of aliphatic hydroxyl groups is 1. The molecule has 0 aliphatic heterocycles. The lowest BCUT2D eigenvalue weighted by atomic mass is 9.94. The molecule has 0 rings (SSSR count). The van der Waals surface area contributed by atoms with Crippen molar-refractivity contribution < 1.29 is 14.6 Å². The Kier molecular flexibility index (Phi) is 23.2. The minimum absolute atomic E-state index is 0.0414. The van der Waals surface area contributed by atoms with Gasteiger partial charge in [-0.25, -0.2) is 0 Å². The van der Waals surface area contributed by atoms with Crippen LogP contribution in [0.5, 0.6) is 0 Å². The van der Waals surface area contributed by atoms with Crippen LogP contribution in [-0.2, 0) is 9.53 Å². The molecule has 0 aromatic rings. The third kappa shape index (κ3) is 20.4. The Morgan fingerprint density at radius 3 is 1.79 bits per heavy atom. The molecule has 0 fully saturated rings. The molecule has 0 aromatic carbocycles. The van der Waals surface area contributed by atoms with Crippen LogP contribution in [0.2, 0.25) is 0 Å². The van der Waals surface area contributed by atoms with Crippen LogP contribution in [0.3, 0.4) is 0 Å². The van der Waals surface area contributed by atoms with Gasteiger partial charge in [0, 0.05) is 6.61 Å². The van der Waals surface area contributed by atoms with Crippen molar-refractivity contribution in [3.05, 3.63) is 0 Å². The van der Waals surface area contributed by atoms with Crippen molar-refractivity contribution in [1.29, 1.82) is 0 Å². The molecule has 4 nitrogen and oxygen atoms in total. The molecule has 0 aromatic heterocycles. The lowest BCUT2D eigenvalue weighted by Gasteiger charge is -2.16. The van der Waals surface area contributed by atoms with Crippen LogP contribution in [0, 0.1) is 5.92 Å². The topological polar surface area (TPSA) is 58.6 Å². The van der Waals surface area contributed by atoms with Gasteiger partial charge in [-0.3, -0.25) is 4.79 Å². The van der Waals surface area contributed by atoms with Crippen LogP contribution in [-0.4, -0.2) is 37.4 Å². The third-order valence-electron chi connectivity index (χ3n) is 5.65. The van der Waals surface area contributed by atoms with Crippen molar-refractivity contribution in [2.24, 2.45) is 5.92 Å². The van der Waals surface area contributed by atoms with Crippen LogP contribution >= 0.6 is 0 Å². The quantitative estimate of drug-likeness (QED) is 0.150. The van der Waals surface area contributed by atoms with E-state index >= 15 is 0 Å². The maximum Gasteiger partial charge on any atom is 0.308 e. The van der Waals surface area contributed by atoms with Gasteiger partial charge < -0.3 is 15.2 Å². The highest BCUT2D eigenvalue weighted by Crippen LogP contribution is 2.21. The summed E-state index contributed by atoms with van der Waals surface area (Å²) >= 11 is 0. The summed E-state index contributed by atoms with van der Waals surface area (Å²) in [5.41, 5.74) is 0. The molecule has 4 heteroatoms. The lowest BCUT2D eigenvalue weighted by molar-refractivity contribution is -0.149. The maximum absolute atomic E-state index is 12.6. The van der Waals surface area contributed by atoms with Gasteiger partial charge in [0.1, 0.15) is 0 Å². The average Bonchev–Trinajstić information content (AvgIpc) is 2.73. The van der Waals surface area contributed by atoms with Gasteiger partial charge >= 0.3 is 5.97 Å². The number of nitrogens with one attached hydrogen (secondary N) is 1. The largest absolute Gasteiger partial charge is 0.465 e. The molecule has 1 atom stereocenters. The molecule has 0 bridgehead atoms. The Morgan fingerprint density at radius 1 is 0.724 bits per heavy atom. The van der Waals surface area contributed by atoms with Gasteiger partial charge in [-0.05, 0) is 45.2 Å². The first kappa shape index (κ1) is 28.4. The van der Waals surface area contributed by atoms with Gasteiger partial charge in [-0.2, -0.15) is 0 Å². The molecule has 0 radical (unpaired) electrons. The van der Waals surface area contributed by atoms with E-state index < -0.39 is 0 Å². The highest BCUT2D eigenvalue weighted by atomic mass is 16.5. The van der Waals surface area contributed by atoms with E-state index in [4.69, 9.17) is 9.84 Å². The van der Waals surface area contributed by atoms with Crippen LogP contribution in [0.15, 0.2) is 0 Å². The first-order chi connectivity index (χ1) is 14.3. The minimum Gasteiger partial charge on any atom is -0.465 e. The SMILES string of the molecule is CCCCCCCCCC(CCCCCCC)C(=O)OCCCCNCCCO. The number of ether oxygens (including phenoxy) is 1. The van der Waals surface area contributed by atoms with E-state index in [9.17, 15) is 4.79 Å². The van der Waals surface area contributed by atoms with E-state index in [1.165, 1.54) is 64.2 Å². The molecular weight excluding hydrogens is 362 g/mol. The fourth-order valence-electron chi connectivity index (χ4n) is 3.69. The van der Waals surface area contributed by atoms with Gasteiger partial charge in [-0.1, -0.05) is 90.9 Å². The molecule has 0 saturated carbocycles. The zero-order chi connectivity index (χ0) is 21.4. The smallest absolute Gasteiger partial charge is 0.308 e. The van der Waals surface area contributed by atoms with E-state index in [-0.39, 0.29) is 18.5 Å². The van der Waals surface area contributed by atoms with Gasteiger partial charge in [0.15, 0.2) is 0 Å². The molecule has 0 amide bonds. The Labute approximate surface area is 181 Å². The predicted molar refractivity (Wildman–Crippen MR) is 124 cm³/mol. The molecule has 0 spiro atoms. The summed E-state index contributed by atoms with van der Waals surface area (Å²) in [5, 5.41) is 12.0. The molecule has 0 saturated heterocycles. The summed E-state index contributed by atoms with van der Waals surface area (Å²) in [4.78, 5) is 12.6. The second-order valence-corrected chi connectivity index (χ2v) is 8.51. The number of carbonyl (C=O) groups is 1. The standard InChI is InChI=1S/C25H51NO3/c1-3-5-7-9-10-12-14-19-24(18-13-11-8-6-4-2)25(28)29-23-16-15-20-26-21-17-22-27/h24,26-27H,3-23H2,1-2H3. The Bertz CT molecular complexity index is 336. The van der Waals surface area contributed by atoms with Crippen LogP contribution in [0.4, 0.5) is 0 Å². The highest BCUT2D eigenvalue weighted by Gasteiger charge is 2.19. The first-order valence-electron chi connectivity index (χ1n) is 12.7. The molecule has 0 aliphatic carbocycles. The Morgan fingerprint density at radius 2 is 1.24 bits per heavy atom. The van der Waals surface area contributed by atoms with Crippen molar-refractivity contribution in [2.75, 3.05) is 26.3 Å². The molecule has 174 valence electrons. The summed E-state index contributed by atoms with van der Waals surface area (Å²) in [6, 6.07) is 0. The number of unbranched alkanes of at least 4 members (excludes halogenated alkanes) is 11. The van der Waals surface area contributed by atoms with Gasteiger partial charge in [-0.15, -0.1) is 0 Å². The predicted octanol–water partition coefficient (Wildman–Crippen LogP) is 6.40. The molecule has 2 N–H and O–H groups in total. The fraction of sp³-hybridized carbons (Fsp3) is 0.960. The van der Waals surface area contributed by atoms with E-state index in [1.807, 2.05) is 0 Å². The number of hydrogen-bond donors (Lipinski definition) is 2. The van der Waals surface area contributed by atoms with E-state index in [0.717, 1.165) is 58.0 Å². The second-order valence-electron chi connectivity index (χ2n) is 8.51. The molecule has 1 unspecified atom stereocenters. The maximum atomic E-state index is 12.6. The Balaban J connectivity index is 3.98. The van der Waals surface area contributed by atoms with Crippen molar-refractivity contribution in [2.45, 2.75) is 123 Å². The number of carbonyl (C=O) groups excluding carboxylic acids is 1. The summed E-state index contributed by atoms with van der Waals surface area (Å²) in [5.74, 6) is 0.148. The first-order valence-corrected chi connectivity index (χ1v) is 12.7. The lowest BCUT2D eigenvalue weighted by Crippen LogP contribution is -2.20. The molecule has 0 heterocycles. The zero-order valence-corrected chi connectivity index (χ0v) is 19.7. The van der Waals surface area contributed by atoms with Crippen LogP contribution in [0.25, 0.3) is 0 Å². The fourth-order valence-corrected chi connectivity index (χ4v) is 3.69. The normalized spacial score (nSPS) is 12.2. The summed E-state index contributed by atoms with van der Waals surface area (Å²) in [6.07, 6.45) is 20.1. The van der Waals surface area contributed by atoms with Crippen molar-refractivity contribution in [3.63, 3.8) is 0 Å². The van der Waals surface area contributed by atoms with Crippen LogP contribution in [0.1, 0.15) is 123 Å². The number of esters is 1. The number of rotatable bonds is 23. The Hall–Kier alpha value is -0.610. The van der Waals surface area contributed by atoms with E-state index in [0.29, 0.717) is 6.61 Å². The number of hydrogen-bond acceptors (Lipinski definition) is 4. The molecule has 29 heavy (non-hydrogen) atoms. The highest BCUT2D eigenvalue weighted by molar-refractivity contribution is 5.72. The van der Waals surface area contributed by atoms with E-state index in [2.05, 4.69) is 19.2 Å². The minimum atomic E-state index is 0.0414. The average molecular weight is 414 g/mol.